The van der Waals surface area contributed by atoms with Crippen molar-refractivity contribution in [2.75, 3.05) is 11.5 Å². The van der Waals surface area contributed by atoms with Crippen LogP contribution in [-0.2, 0) is 0 Å². The third kappa shape index (κ3) is 0.343. The molecule has 1 aliphatic carbocycles. The summed E-state index contributed by atoms with van der Waals surface area (Å²) in [7, 11) is 0.899. The smallest absolute Gasteiger partial charge is 0.00810 e. The molecule has 0 aromatic carbocycles. The van der Waals surface area contributed by atoms with Crippen molar-refractivity contribution in [2.45, 2.75) is 12.8 Å². The lowest BCUT2D eigenvalue weighted by atomic mass is 10.1. The largest absolute Gasteiger partial charge is 0.186 e. The van der Waals surface area contributed by atoms with Crippen LogP contribution in [0.25, 0.3) is 0 Å². The highest BCUT2D eigenvalue weighted by Crippen LogP contribution is 2.54. The van der Waals surface area contributed by atoms with E-state index in [0.29, 0.717) is 0 Å². The Balaban J connectivity index is 2.15. The molecule has 0 spiro atoms. The van der Waals surface area contributed by atoms with E-state index in [9.17, 15) is 0 Å². The summed E-state index contributed by atoms with van der Waals surface area (Å²) in [6.45, 7) is 0. The fourth-order valence-electron chi connectivity index (χ4n) is 2.03. The second-order valence-corrected chi connectivity index (χ2v) is 5.47. The van der Waals surface area contributed by atoms with Gasteiger partial charge in [-0.25, -0.2) is 0 Å². The molecular weight excluding hydrogens is 116 g/mol. The lowest BCUT2D eigenvalue weighted by molar-refractivity contribution is 0.544. The summed E-state index contributed by atoms with van der Waals surface area (Å²) in [5.74, 6) is 5.55. The molecule has 4 rings (SSSR count). The first-order valence-corrected chi connectivity index (χ1v) is 5.03. The van der Waals surface area contributed by atoms with Crippen LogP contribution < -0.4 is 0 Å². The lowest BCUT2D eigenvalue weighted by Gasteiger charge is -2.34. The summed E-state index contributed by atoms with van der Waals surface area (Å²) in [5.41, 5.74) is 0. The highest BCUT2D eigenvalue weighted by Gasteiger charge is 2.44. The minimum absolute atomic E-state index is 0.899. The third-order valence-electron chi connectivity index (χ3n) is 2.61. The molecule has 0 radical (unpaired) electrons. The molecule has 0 aromatic rings. The van der Waals surface area contributed by atoms with Crippen LogP contribution in [0.3, 0.4) is 0 Å². The molecule has 1 heteroatoms. The van der Waals surface area contributed by atoms with Gasteiger partial charge in [-0.05, 0) is 41.0 Å². The fourth-order valence-corrected chi connectivity index (χ4v) is 4.77. The van der Waals surface area contributed by atoms with E-state index in [1.165, 1.54) is 5.92 Å². The molecule has 1 saturated heterocycles. The lowest BCUT2D eigenvalue weighted by Crippen LogP contribution is -2.26. The van der Waals surface area contributed by atoms with Crippen LogP contribution >= 0.6 is 10.5 Å². The molecule has 0 nitrogen and oxygen atoms in total. The van der Waals surface area contributed by atoms with Gasteiger partial charge >= 0.3 is 0 Å². The van der Waals surface area contributed by atoms with E-state index in [0.717, 1.165) is 16.4 Å². The van der Waals surface area contributed by atoms with Crippen molar-refractivity contribution in [1.29, 1.82) is 0 Å². The Hall–Kier alpha value is 0.220. The summed E-state index contributed by atoms with van der Waals surface area (Å²) in [4.78, 5) is 1.98. The molecule has 1 saturated carbocycles. The molecule has 1 unspecified atom stereocenters. The molecule has 3 aliphatic heterocycles. The van der Waals surface area contributed by atoms with Gasteiger partial charge in [-0.3, -0.25) is 0 Å². The molecule has 1 atom stereocenters. The average molecular weight is 126 g/mol. The van der Waals surface area contributed by atoms with Gasteiger partial charge in [0.25, 0.3) is 0 Å². The normalized spacial score (nSPS) is 57.0. The van der Waals surface area contributed by atoms with E-state index in [2.05, 4.69) is 0 Å². The second kappa shape index (κ2) is 1.06. The maximum atomic E-state index is 1.98. The molecule has 8 heavy (non-hydrogen) atoms. The van der Waals surface area contributed by atoms with Gasteiger partial charge in [0, 0.05) is 0 Å². The first-order chi connectivity index (χ1) is 3.93. The molecule has 0 amide bonds. The standard InChI is InChI=1S/C7H10S/c1-5-3-8(4-5)7-2-6(1)7/h5-6H,1-4H2. The van der Waals surface area contributed by atoms with E-state index < -0.39 is 0 Å². The number of rotatable bonds is 0. The quantitative estimate of drug-likeness (QED) is 0.431. The third-order valence-corrected chi connectivity index (χ3v) is 5.59. The minimum atomic E-state index is 0.899. The molecule has 44 valence electrons. The number of hydrogen-bond acceptors (Lipinski definition) is 0. The van der Waals surface area contributed by atoms with Gasteiger partial charge in [0.15, 0.2) is 0 Å². The first-order valence-electron chi connectivity index (χ1n) is 3.46. The Morgan fingerprint density at radius 3 is 2.75 bits per heavy atom. The average Bonchev–Trinajstić information content (AvgIpc) is 2.35. The Bertz CT molecular complexity index is 173. The molecular formula is C7H10S. The van der Waals surface area contributed by atoms with Gasteiger partial charge in [-0.15, -0.1) is 0 Å². The molecule has 3 heterocycles. The predicted octanol–water partition coefficient (Wildman–Crippen LogP) is 1.48. The van der Waals surface area contributed by atoms with E-state index >= 15 is 0 Å². The van der Waals surface area contributed by atoms with Crippen molar-refractivity contribution < 1.29 is 0 Å². The van der Waals surface area contributed by atoms with E-state index in [4.69, 9.17) is 0 Å². The zero-order chi connectivity index (χ0) is 5.14. The molecule has 4 aliphatic rings. The maximum absolute atomic E-state index is 1.98. The summed E-state index contributed by atoms with van der Waals surface area (Å²) in [6.07, 6.45) is 3.12. The van der Waals surface area contributed by atoms with Crippen molar-refractivity contribution in [1.82, 2.24) is 0 Å². The van der Waals surface area contributed by atoms with Gasteiger partial charge in [0.05, 0.1) is 0 Å². The highest BCUT2D eigenvalue weighted by atomic mass is 32.2. The summed E-state index contributed by atoms with van der Waals surface area (Å²) < 4.78 is 0. The zero-order valence-electron chi connectivity index (χ0n) is 4.89. The molecule has 2 fully saturated rings. The SMILES string of the molecule is C1C2=S3CC(CC12)C3. The van der Waals surface area contributed by atoms with Crippen LogP contribution in [0.1, 0.15) is 12.8 Å². The van der Waals surface area contributed by atoms with Crippen LogP contribution in [0.4, 0.5) is 0 Å². The molecule has 0 aromatic heterocycles. The van der Waals surface area contributed by atoms with Gasteiger partial charge in [-0.1, -0.05) is 0 Å². The first kappa shape index (κ1) is 4.10. The second-order valence-electron chi connectivity index (χ2n) is 3.30. The predicted molar refractivity (Wildman–Crippen MR) is 38.5 cm³/mol. The monoisotopic (exact) mass is 126 g/mol. The summed E-state index contributed by atoms with van der Waals surface area (Å²) in [5, 5.41) is 0. The van der Waals surface area contributed by atoms with E-state index in [-0.39, 0.29) is 0 Å². The summed E-state index contributed by atoms with van der Waals surface area (Å²) >= 11 is 0. The van der Waals surface area contributed by atoms with Crippen molar-refractivity contribution in [3.05, 3.63) is 0 Å². The zero-order valence-corrected chi connectivity index (χ0v) is 5.71. The summed E-state index contributed by atoms with van der Waals surface area (Å²) in [6, 6.07) is 0. The Kier molecular flexibility index (Phi) is 0.544. The Morgan fingerprint density at radius 2 is 2.25 bits per heavy atom. The van der Waals surface area contributed by atoms with Crippen molar-refractivity contribution in [3.8, 4) is 0 Å². The maximum Gasteiger partial charge on any atom is -0.00810 e. The topological polar surface area (TPSA) is 0 Å². The fraction of sp³-hybridized carbons (Fsp3) is 0.857. The van der Waals surface area contributed by atoms with Crippen LogP contribution in [0.15, 0.2) is 0 Å². The van der Waals surface area contributed by atoms with Crippen LogP contribution in [0, 0.1) is 11.8 Å². The Morgan fingerprint density at radius 1 is 1.38 bits per heavy atom. The van der Waals surface area contributed by atoms with Gasteiger partial charge in [0.2, 0.25) is 0 Å². The van der Waals surface area contributed by atoms with E-state index in [1.54, 1.807) is 24.3 Å². The van der Waals surface area contributed by atoms with Crippen molar-refractivity contribution in [3.63, 3.8) is 0 Å². The van der Waals surface area contributed by atoms with Crippen LogP contribution in [-0.4, -0.2) is 16.4 Å². The van der Waals surface area contributed by atoms with Crippen LogP contribution in [0.2, 0.25) is 0 Å². The Labute approximate surface area is 52.2 Å². The molecule has 0 N–H and O–H groups in total. The highest BCUT2D eigenvalue weighted by molar-refractivity contribution is 8.17. The van der Waals surface area contributed by atoms with Gasteiger partial charge in [-0.2, -0.15) is 10.5 Å². The van der Waals surface area contributed by atoms with Gasteiger partial charge in [0.1, 0.15) is 0 Å². The van der Waals surface area contributed by atoms with Gasteiger partial charge < -0.3 is 0 Å². The van der Waals surface area contributed by atoms with Crippen molar-refractivity contribution in [2.24, 2.45) is 11.8 Å². The van der Waals surface area contributed by atoms with E-state index in [1.807, 2.05) is 4.86 Å². The van der Waals surface area contributed by atoms with Crippen LogP contribution in [0.5, 0.6) is 0 Å². The molecule has 2 bridgehead atoms. The van der Waals surface area contributed by atoms with Crippen molar-refractivity contribution >= 4 is 15.3 Å². The number of hydrogen-bond donors (Lipinski definition) is 0. The minimum Gasteiger partial charge on any atom is -0.186 e.